The van der Waals surface area contributed by atoms with Crippen LogP contribution in [0.1, 0.15) is 18.2 Å². The number of aliphatic imine (C=N–C) groups is 1. The highest BCUT2D eigenvalue weighted by Gasteiger charge is 2.20. The lowest BCUT2D eigenvalue weighted by Crippen LogP contribution is -2.52. The molecule has 0 bridgehead atoms. The summed E-state index contributed by atoms with van der Waals surface area (Å²) in [7, 11) is 0. The van der Waals surface area contributed by atoms with E-state index < -0.39 is 0 Å². The van der Waals surface area contributed by atoms with Gasteiger partial charge in [-0.15, -0.1) is 24.0 Å². The minimum Gasteiger partial charge on any atom is -0.444 e. The van der Waals surface area contributed by atoms with Gasteiger partial charge in [0.15, 0.2) is 5.96 Å². The summed E-state index contributed by atoms with van der Waals surface area (Å²) in [5, 5.41) is 3.41. The molecule has 1 aliphatic rings. The van der Waals surface area contributed by atoms with Crippen LogP contribution in [0.3, 0.4) is 0 Å². The molecule has 1 fully saturated rings. The monoisotopic (exact) mass is 532 g/mol. The Hall–Kier alpha value is -2.62. The van der Waals surface area contributed by atoms with E-state index in [0.717, 1.165) is 55.8 Å². The van der Waals surface area contributed by atoms with Crippen LogP contribution in [-0.2, 0) is 6.54 Å². The summed E-state index contributed by atoms with van der Waals surface area (Å²) in [6.45, 7) is 9.10. The molecular weight excluding hydrogens is 503 g/mol. The third kappa shape index (κ3) is 5.96. The fourth-order valence-corrected chi connectivity index (χ4v) is 3.48. The second-order valence-corrected chi connectivity index (χ2v) is 7.34. The first-order chi connectivity index (χ1) is 14.7. The lowest BCUT2D eigenvalue weighted by Gasteiger charge is -2.37. The first-order valence-electron chi connectivity index (χ1n) is 10.4. The number of nitrogens with zero attached hydrogens (tertiary/aromatic N) is 5. The number of hydrogen-bond acceptors (Lipinski definition) is 5. The van der Waals surface area contributed by atoms with E-state index in [0.29, 0.717) is 12.4 Å². The summed E-state index contributed by atoms with van der Waals surface area (Å²) in [6, 6.07) is 14.2. The average molecular weight is 532 g/mol. The van der Waals surface area contributed by atoms with Gasteiger partial charge in [0.25, 0.3) is 0 Å². The van der Waals surface area contributed by atoms with E-state index in [2.05, 4.69) is 57.1 Å². The molecule has 1 aliphatic heterocycles. The number of oxazole rings is 1. The Balaban J connectivity index is 0.00000272. The Morgan fingerprint density at radius 3 is 2.55 bits per heavy atom. The first kappa shape index (κ1) is 23.1. The topological polar surface area (TPSA) is 69.8 Å². The number of halogens is 1. The van der Waals surface area contributed by atoms with E-state index in [9.17, 15) is 0 Å². The molecular formula is C23H29IN6O. The molecule has 1 saturated heterocycles. The zero-order chi connectivity index (χ0) is 20.8. The molecule has 0 amide bonds. The Morgan fingerprint density at radius 1 is 1.10 bits per heavy atom. The van der Waals surface area contributed by atoms with Crippen molar-refractivity contribution in [3.05, 3.63) is 66.2 Å². The van der Waals surface area contributed by atoms with E-state index in [1.54, 1.807) is 6.26 Å². The number of piperazine rings is 1. The molecule has 0 spiro atoms. The first-order valence-corrected chi connectivity index (χ1v) is 10.4. The van der Waals surface area contributed by atoms with E-state index in [1.165, 1.54) is 5.56 Å². The van der Waals surface area contributed by atoms with Crippen molar-refractivity contribution in [3.63, 3.8) is 0 Å². The number of nitrogens with one attached hydrogen (secondary N) is 1. The van der Waals surface area contributed by atoms with Crippen LogP contribution in [0.25, 0.3) is 11.5 Å². The molecule has 4 rings (SSSR count). The number of guanidine groups is 1. The lowest BCUT2D eigenvalue weighted by atomic mass is 10.1. The Kier molecular flexibility index (Phi) is 8.27. The lowest BCUT2D eigenvalue weighted by molar-refractivity contribution is 0.371. The third-order valence-electron chi connectivity index (χ3n) is 5.13. The summed E-state index contributed by atoms with van der Waals surface area (Å²) < 4.78 is 5.66. The smallest absolute Gasteiger partial charge is 0.226 e. The predicted molar refractivity (Wildman–Crippen MR) is 135 cm³/mol. The minimum absolute atomic E-state index is 0. The minimum atomic E-state index is 0. The van der Waals surface area contributed by atoms with Crippen molar-refractivity contribution in [2.75, 3.05) is 37.6 Å². The van der Waals surface area contributed by atoms with E-state index >= 15 is 0 Å². The number of pyridine rings is 1. The van der Waals surface area contributed by atoms with Crippen molar-refractivity contribution in [3.8, 4) is 11.5 Å². The molecule has 0 atom stereocenters. The van der Waals surface area contributed by atoms with Crippen LogP contribution in [0.15, 0.2) is 64.3 Å². The van der Waals surface area contributed by atoms with Gasteiger partial charge in [-0.05, 0) is 38.1 Å². The predicted octanol–water partition coefficient (Wildman–Crippen LogP) is 3.95. The largest absolute Gasteiger partial charge is 0.444 e. The molecule has 0 aliphatic carbocycles. The molecule has 7 nitrogen and oxygen atoms in total. The molecule has 0 unspecified atom stereocenters. The molecule has 0 radical (unpaired) electrons. The number of rotatable bonds is 5. The van der Waals surface area contributed by atoms with Crippen molar-refractivity contribution in [1.29, 1.82) is 0 Å². The van der Waals surface area contributed by atoms with Crippen molar-refractivity contribution < 1.29 is 4.42 Å². The van der Waals surface area contributed by atoms with Gasteiger partial charge < -0.3 is 19.5 Å². The number of anilines is 1. The summed E-state index contributed by atoms with van der Waals surface area (Å²) in [6.07, 6.45) is 3.54. The normalized spacial score (nSPS) is 14.3. The quantitative estimate of drug-likeness (QED) is 0.305. The zero-order valence-electron chi connectivity index (χ0n) is 18.0. The van der Waals surface area contributed by atoms with Gasteiger partial charge in [0.2, 0.25) is 5.89 Å². The van der Waals surface area contributed by atoms with Crippen molar-refractivity contribution in [1.82, 2.24) is 20.2 Å². The van der Waals surface area contributed by atoms with Crippen LogP contribution in [0.5, 0.6) is 0 Å². The molecule has 2 aromatic heterocycles. The van der Waals surface area contributed by atoms with Crippen LogP contribution < -0.4 is 10.2 Å². The van der Waals surface area contributed by atoms with Gasteiger partial charge in [0, 0.05) is 44.5 Å². The van der Waals surface area contributed by atoms with Gasteiger partial charge in [-0.3, -0.25) is 0 Å². The average Bonchev–Trinajstić information content (AvgIpc) is 3.27. The van der Waals surface area contributed by atoms with E-state index in [-0.39, 0.29) is 24.0 Å². The summed E-state index contributed by atoms with van der Waals surface area (Å²) in [5.41, 5.74) is 3.02. The molecule has 3 heterocycles. The standard InChI is InChI=1S/C23H28N6O.HI/c1-3-24-23(29-14-12-28(13-15-29)21-6-4-5-11-25-21)26-16-20-17-30-22(27-20)19-9-7-18(2)8-10-19;/h4-11,17H,3,12-16H2,1-2H3,(H,24,26);1H. The maximum atomic E-state index is 5.66. The van der Waals surface area contributed by atoms with E-state index in [1.807, 2.05) is 30.5 Å². The van der Waals surface area contributed by atoms with Gasteiger partial charge in [0.05, 0.1) is 6.54 Å². The van der Waals surface area contributed by atoms with Crippen molar-refractivity contribution in [2.45, 2.75) is 20.4 Å². The Morgan fingerprint density at radius 2 is 1.87 bits per heavy atom. The van der Waals surface area contributed by atoms with Crippen LogP contribution >= 0.6 is 24.0 Å². The third-order valence-corrected chi connectivity index (χ3v) is 5.13. The number of aryl methyl sites for hydroxylation is 1. The fourth-order valence-electron chi connectivity index (χ4n) is 3.48. The molecule has 1 N–H and O–H groups in total. The number of benzene rings is 1. The Labute approximate surface area is 200 Å². The van der Waals surface area contributed by atoms with Gasteiger partial charge in [0.1, 0.15) is 17.8 Å². The second kappa shape index (κ2) is 11.1. The molecule has 3 aromatic rings. The van der Waals surface area contributed by atoms with Crippen molar-refractivity contribution in [2.24, 2.45) is 4.99 Å². The summed E-state index contributed by atoms with van der Waals surface area (Å²) in [4.78, 5) is 18.5. The van der Waals surface area contributed by atoms with Crippen LogP contribution in [0.2, 0.25) is 0 Å². The molecule has 8 heteroatoms. The van der Waals surface area contributed by atoms with Gasteiger partial charge >= 0.3 is 0 Å². The van der Waals surface area contributed by atoms with Crippen molar-refractivity contribution >= 4 is 35.8 Å². The maximum Gasteiger partial charge on any atom is 0.226 e. The zero-order valence-corrected chi connectivity index (χ0v) is 20.3. The molecule has 164 valence electrons. The van der Waals surface area contributed by atoms with Crippen LogP contribution in [-0.4, -0.2) is 53.6 Å². The summed E-state index contributed by atoms with van der Waals surface area (Å²) in [5.74, 6) is 2.58. The second-order valence-electron chi connectivity index (χ2n) is 7.34. The highest BCUT2D eigenvalue weighted by atomic mass is 127. The van der Waals surface area contributed by atoms with Gasteiger partial charge in [-0.1, -0.05) is 23.8 Å². The summed E-state index contributed by atoms with van der Waals surface area (Å²) >= 11 is 0. The van der Waals surface area contributed by atoms with Gasteiger partial charge in [-0.2, -0.15) is 0 Å². The number of hydrogen-bond donors (Lipinski definition) is 1. The highest BCUT2D eigenvalue weighted by molar-refractivity contribution is 14.0. The SMILES string of the molecule is CCNC(=NCc1coc(-c2ccc(C)cc2)n1)N1CCN(c2ccccn2)CC1.I. The van der Waals surface area contributed by atoms with Crippen LogP contribution in [0.4, 0.5) is 5.82 Å². The molecule has 31 heavy (non-hydrogen) atoms. The van der Waals surface area contributed by atoms with Crippen LogP contribution in [0, 0.1) is 6.92 Å². The fraction of sp³-hybridized carbons (Fsp3) is 0.348. The Bertz CT molecular complexity index is 965. The highest BCUT2D eigenvalue weighted by Crippen LogP contribution is 2.19. The molecule has 1 aromatic carbocycles. The van der Waals surface area contributed by atoms with Gasteiger partial charge in [-0.25, -0.2) is 15.0 Å². The van der Waals surface area contributed by atoms with E-state index in [4.69, 9.17) is 9.41 Å². The number of aromatic nitrogens is 2. The molecule has 0 saturated carbocycles. The maximum absolute atomic E-state index is 5.66.